The molecular weight excluding hydrogens is 578 g/mol. The van der Waals surface area contributed by atoms with Crippen molar-refractivity contribution in [2.24, 2.45) is 39.7 Å². The molecule has 1 saturated heterocycles. The number of likely N-dealkylation sites (tertiary alicyclic amines) is 1. The van der Waals surface area contributed by atoms with Crippen molar-refractivity contribution in [2.45, 2.75) is 126 Å². The molecule has 12 nitrogen and oxygen atoms in total. The highest BCUT2D eigenvalue weighted by Crippen LogP contribution is 2.35. The summed E-state index contributed by atoms with van der Waals surface area (Å²) >= 11 is 0. The van der Waals surface area contributed by atoms with Gasteiger partial charge in [-0.05, 0) is 46.8 Å². The maximum Gasteiger partial charge on any atom is 0.329 e. The number of primary amides is 1. The van der Waals surface area contributed by atoms with Gasteiger partial charge in [-0.15, -0.1) is 0 Å². The number of hydrogen-bond acceptors (Lipinski definition) is 7. The minimum absolute atomic E-state index is 0.00396. The van der Waals surface area contributed by atoms with Gasteiger partial charge in [-0.3, -0.25) is 19.2 Å². The lowest BCUT2D eigenvalue weighted by Crippen LogP contribution is -2.62. The van der Waals surface area contributed by atoms with Gasteiger partial charge in [-0.1, -0.05) is 89.0 Å². The van der Waals surface area contributed by atoms with E-state index < -0.39 is 70.5 Å². The Balaban J connectivity index is 2.30. The molecular formula is C33H57N5O7. The second kappa shape index (κ2) is 14.5. The summed E-state index contributed by atoms with van der Waals surface area (Å²) in [6, 6.07) is -4.71. The lowest BCUT2D eigenvalue weighted by atomic mass is 9.85. The van der Waals surface area contributed by atoms with Crippen LogP contribution in [0.3, 0.4) is 0 Å². The molecule has 0 spiro atoms. The van der Waals surface area contributed by atoms with Crippen LogP contribution in [0.5, 0.6) is 0 Å². The predicted octanol–water partition coefficient (Wildman–Crippen LogP) is 2.92. The molecule has 45 heavy (non-hydrogen) atoms. The Hall–Kier alpha value is -3.18. The number of esters is 1. The maximum atomic E-state index is 14.2. The van der Waals surface area contributed by atoms with Crippen molar-refractivity contribution in [3.63, 3.8) is 0 Å². The Labute approximate surface area is 268 Å². The first-order valence-corrected chi connectivity index (χ1v) is 16.1. The summed E-state index contributed by atoms with van der Waals surface area (Å²) in [6.07, 6.45) is 2.51. The maximum absolute atomic E-state index is 14.2. The fraction of sp³-hybridized carbons (Fsp3) is 0.818. The van der Waals surface area contributed by atoms with E-state index in [0.717, 1.165) is 12.8 Å². The fourth-order valence-electron chi connectivity index (χ4n) is 5.32. The molecule has 0 aromatic heterocycles. The predicted molar refractivity (Wildman–Crippen MR) is 170 cm³/mol. The lowest BCUT2D eigenvalue weighted by Gasteiger charge is -2.37. The summed E-state index contributed by atoms with van der Waals surface area (Å²) in [5, 5.41) is 8.22. The Morgan fingerprint density at radius 3 is 1.82 bits per heavy atom. The molecule has 1 saturated carbocycles. The SMILES string of the molecule is CC(C)[C@@H]1C[C@@H](C(=O)NC(CC2CC2)C(=O)C(N)=O)N(C(=O)[C@@H](NC(=O)N[C@H](C(=O)OCC(C)(C)C)C(C)(C)C)C(C)(C)C)C1. The number of ketones is 1. The first kappa shape index (κ1) is 38.0. The number of hydrogen-bond donors (Lipinski definition) is 4. The van der Waals surface area contributed by atoms with Crippen molar-refractivity contribution in [3.8, 4) is 0 Å². The van der Waals surface area contributed by atoms with Gasteiger partial charge >= 0.3 is 12.0 Å². The van der Waals surface area contributed by atoms with Crippen molar-refractivity contribution >= 4 is 35.5 Å². The summed E-state index contributed by atoms with van der Waals surface area (Å²) in [4.78, 5) is 80.0. The zero-order valence-corrected chi connectivity index (χ0v) is 29.2. The van der Waals surface area contributed by atoms with E-state index in [1.165, 1.54) is 4.90 Å². The van der Waals surface area contributed by atoms with Crippen LogP contribution in [0.25, 0.3) is 0 Å². The molecule has 0 radical (unpaired) electrons. The topological polar surface area (TPSA) is 177 Å². The monoisotopic (exact) mass is 635 g/mol. The van der Waals surface area contributed by atoms with E-state index in [9.17, 15) is 28.8 Å². The van der Waals surface area contributed by atoms with Crippen LogP contribution in [0.1, 0.15) is 102 Å². The van der Waals surface area contributed by atoms with Gasteiger partial charge in [0.05, 0.1) is 12.6 Å². The van der Waals surface area contributed by atoms with E-state index in [2.05, 4.69) is 16.0 Å². The largest absolute Gasteiger partial charge is 0.464 e. The molecule has 256 valence electrons. The molecule has 2 rings (SSSR count). The van der Waals surface area contributed by atoms with Crippen LogP contribution < -0.4 is 21.7 Å². The number of ether oxygens (including phenoxy) is 1. The summed E-state index contributed by atoms with van der Waals surface area (Å²) in [6.45, 7) is 21.1. The normalized spacial score (nSPS) is 21.0. The number of carbonyl (C=O) groups excluding carboxylic acids is 6. The van der Waals surface area contributed by atoms with Crippen LogP contribution in [0.2, 0.25) is 0 Å². The average Bonchev–Trinajstić information content (AvgIpc) is 3.58. The number of amides is 5. The number of urea groups is 1. The van der Waals surface area contributed by atoms with E-state index >= 15 is 0 Å². The zero-order chi connectivity index (χ0) is 34.7. The smallest absolute Gasteiger partial charge is 0.329 e. The molecule has 1 aliphatic carbocycles. The minimum Gasteiger partial charge on any atom is -0.464 e. The van der Waals surface area contributed by atoms with Gasteiger partial charge in [0.2, 0.25) is 17.6 Å². The number of nitrogens with one attached hydrogen (secondary N) is 3. The number of rotatable bonds is 12. The quantitative estimate of drug-likeness (QED) is 0.188. The third-order valence-electron chi connectivity index (χ3n) is 8.42. The van der Waals surface area contributed by atoms with Crippen LogP contribution in [-0.4, -0.2) is 77.7 Å². The highest BCUT2D eigenvalue weighted by Gasteiger charge is 2.47. The van der Waals surface area contributed by atoms with Gasteiger partial charge in [-0.2, -0.15) is 0 Å². The molecule has 0 aromatic rings. The molecule has 5 amide bonds. The first-order valence-electron chi connectivity index (χ1n) is 16.1. The van der Waals surface area contributed by atoms with Crippen molar-refractivity contribution in [3.05, 3.63) is 0 Å². The van der Waals surface area contributed by atoms with Gasteiger partial charge in [0.1, 0.15) is 18.1 Å². The van der Waals surface area contributed by atoms with Crippen LogP contribution in [-0.2, 0) is 28.7 Å². The molecule has 2 fully saturated rings. The van der Waals surface area contributed by atoms with Gasteiger partial charge in [0.15, 0.2) is 0 Å². The summed E-state index contributed by atoms with van der Waals surface area (Å²) in [7, 11) is 0. The number of nitrogens with two attached hydrogens (primary N) is 1. The van der Waals surface area contributed by atoms with Crippen molar-refractivity contribution in [1.82, 2.24) is 20.9 Å². The molecule has 1 heterocycles. The van der Waals surface area contributed by atoms with Crippen molar-refractivity contribution in [2.75, 3.05) is 13.2 Å². The van der Waals surface area contributed by atoms with Crippen LogP contribution in [0, 0.1) is 34.0 Å². The third-order valence-corrected chi connectivity index (χ3v) is 8.42. The summed E-state index contributed by atoms with van der Waals surface area (Å²) < 4.78 is 5.51. The Kier molecular flexibility index (Phi) is 12.2. The van der Waals surface area contributed by atoms with Gasteiger partial charge < -0.3 is 31.3 Å². The molecule has 12 heteroatoms. The average molecular weight is 636 g/mol. The van der Waals surface area contributed by atoms with Crippen LogP contribution >= 0.6 is 0 Å². The van der Waals surface area contributed by atoms with E-state index in [4.69, 9.17) is 10.5 Å². The van der Waals surface area contributed by atoms with Gasteiger partial charge in [0.25, 0.3) is 5.91 Å². The molecule has 1 unspecified atom stereocenters. The number of Topliss-reactive ketones (excluding diaryl/α,β-unsaturated/α-hetero) is 1. The Morgan fingerprint density at radius 2 is 1.38 bits per heavy atom. The van der Waals surface area contributed by atoms with Crippen LogP contribution in [0.4, 0.5) is 4.79 Å². The van der Waals surface area contributed by atoms with Crippen molar-refractivity contribution < 1.29 is 33.5 Å². The van der Waals surface area contributed by atoms with E-state index in [1.54, 1.807) is 20.8 Å². The number of carbonyl (C=O) groups is 6. The second-order valence-electron chi connectivity index (χ2n) is 16.6. The Morgan fingerprint density at radius 1 is 0.844 bits per heavy atom. The molecule has 0 aromatic carbocycles. The highest BCUT2D eigenvalue weighted by atomic mass is 16.5. The minimum atomic E-state index is -1.11. The zero-order valence-electron chi connectivity index (χ0n) is 29.2. The van der Waals surface area contributed by atoms with Gasteiger partial charge in [0, 0.05) is 6.54 Å². The molecule has 0 bridgehead atoms. The van der Waals surface area contributed by atoms with Crippen molar-refractivity contribution in [1.29, 1.82) is 0 Å². The van der Waals surface area contributed by atoms with Crippen LogP contribution in [0.15, 0.2) is 0 Å². The van der Waals surface area contributed by atoms with E-state index in [0.29, 0.717) is 12.8 Å². The van der Waals surface area contributed by atoms with E-state index in [-0.39, 0.29) is 36.3 Å². The first-order chi connectivity index (χ1) is 20.4. The summed E-state index contributed by atoms with van der Waals surface area (Å²) in [5.41, 5.74) is 3.55. The molecule has 1 aliphatic heterocycles. The second-order valence-corrected chi connectivity index (χ2v) is 16.6. The molecule has 5 atom stereocenters. The highest BCUT2D eigenvalue weighted by molar-refractivity contribution is 6.37. The molecule has 2 aliphatic rings. The molecule has 5 N–H and O–H groups in total. The lowest BCUT2D eigenvalue weighted by molar-refractivity contribution is -0.151. The standard InChI is InChI=1S/C33H57N5O7/c1-18(2)20-15-22(27(41)35-21(14-19-12-13-19)23(39)26(34)40)38(16-20)28(42)24(32(6,7)8)36-30(44)37-25(33(9,10)11)29(43)45-17-31(3,4)5/h18-22,24-25H,12-17H2,1-11H3,(H2,34,40)(H,35,41)(H2,36,37,44)/t20-,21?,22+,24-,25-/m1/s1. The number of nitrogens with zero attached hydrogens (tertiary/aromatic N) is 1. The third kappa shape index (κ3) is 11.3. The van der Waals surface area contributed by atoms with E-state index in [1.807, 2.05) is 55.4 Å². The van der Waals surface area contributed by atoms with Gasteiger partial charge in [-0.25, -0.2) is 9.59 Å². The summed E-state index contributed by atoms with van der Waals surface area (Å²) in [5.74, 6) is -3.14. The fourth-order valence-corrected chi connectivity index (χ4v) is 5.32. The Bertz CT molecular complexity index is 1130.